The Hall–Kier alpha value is -1.14. The van der Waals surface area contributed by atoms with Crippen molar-refractivity contribution in [1.29, 1.82) is 0 Å². The molecule has 2 N–H and O–H groups in total. The first-order valence-corrected chi connectivity index (χ1v) is 8.71. The van der Waals surface area contributed by atoms with Crippen LogP contribution in [0.1, 0.15) is 65.7 Å². The van der Waals surface area contributed by atoms with Crippen LogP contribution in [0.25, 0.3) is 0 Å². The van der Waals surface area contributed by atoms with Crippen LogP contribution < -0.4 is 0 Å². The first-order valence-electron chi connectivity index (χ1n) is 8.71. The van der Waals surface area contributed by atoms with Crippen LogP contribution in [0.3, 0.4) is 0 Å². The maximum absolute atomic E-state index is 11.0. The fraction of sp³-hybridized carbons (Fsp3) is 0.882. The van der Waals surface area contributed by atoms with Crippen LogP contribution in [0.15, 0.2) is 0 Å². The van der Waals surface area contributed by atoms with Gasteiger partial charge in [0.2, 0.25) is 0 Å². The molecule has 0 aromatic carbocycles. The smallest absolute Gasteiger partial charge is 0.334 e. The summed E-state index contributed by atoms with van der Waals surface area (Å²) in [6.07, 6.45) is 7.85. The number of hydrogen-bond donors (Lipinski definition) is 2. The summed E-state index contributed by atoms with van der Waals surface area (Å²) >= 11 is 0. The van der Waals surface area contributed by atoms with E-state index in [-0.39, 0.29) is 5.91 Å². The highest BCUT2D eigenvalue weighted by Gasteiger charge is 2.20. The van der Waals surface area contributed by atoms with Crippen LogP contribution in [0.5, 0.6) is 0 Å². The van der Waals surface area contributed by atoms with Gasteiger partial charge in [-0.3, -0.25) is 4.79 Å². The molecule has 2 rings (SSSR count). The molecule has 0 aromatic rings. The number of aliphatic hydroxyl groups excluding tert-OH is 2. The van der Waals surface area contributed by atoms with Crippen LogP contribution in [-0.2, 0) is 14.3 Å². The summed E-state index contributed by atoms with van der Waals surface area (Å²) in [5, 5.41) is 17.4. The number of esters is 1. The topological polar surface area (TPSA) is 87.1 Å². The number of carbonyl (C=O) groups is 2. The Morgan fingerprint density at radius 3 is 1.61 bits per heavy atom. The van der Waals surface area contributed by atoms with E-state index in [0.29, 0.717) is 6.61 Å². The van der Waals surface area contributed by atoms with Gasteiger partial charge >= 0.3 is 5.97 Å². The van der Waals surface area contributed by atoms with Crippen molar-refractivity contribution in [1.82, 2.24) is 4.90 Å². The van der Waals surface area contributed by atoms with Gasteiger partial charge in [0.1, 0.15) is 12.2 Å². The first-order chi connectivity index (χ1) is 10.9. The number of likely N-dealkylation sites (tertiary alicyclic amines) is 1. The van der Waals surface area contributed by atoms with Gasteiger partial charge in [-0.05, 0) is 33.6 Å². The third-order valence-corrected chi connectivity index (χ3v) is 3.65. The second-order valence-corrected chi connectivity index (χ2v) is 5.90. The molecule has 6 heteroatoms. The molecule has 1 heterocycles. The lowest BCUT2D eigenvalue weighted by Crippen LogP contribution is -2.35. The monoisotopic (exact) mass is 331 g/mol. The van der Waals surface area contributed by atoms with E-state index in [9.17, 15) is 9.59 Å². The van der Waals surface area contributed by atoms with Crippen LogP contribution in [0, 0.1) is 0 Å². The van der Waals surface area contributed by atoms with Crippen LogP contribution in [0.2, 0.25) is 0 Å². The van der Waals surface area contributed by atoms with Gasteiger partial charge in [0.25, 0.3) is 5.91 Å². The van der Waals surface area contributed by atoms with Crippen molar-refractivity contribution in [3.05, 3.63) is 0 Å². The van der Waals surface area contributed by atoms with E-state index >= 15 is 0 Å². The molecule has 0 aromatic heterocycles. The second kappa shape index (κ2) is 13.3. The third-order valence-electron chi connectivity index (χ3n) is 3.65. The minimum atomic E-state index is -0.991. The SMILES string of the molecule is C1CCCC1.CCOC(=O)[C@H](C)O.C[C@H](O)C(=O)N1CCCC1. The summed E-state index contributed by atoms with van der Waals surface area (Å²) in [7, 11) is 0. The van der Waals surface area contributed by atoms with E-state index in [2.05, 4.69) is 4.74 Å². The van der Waals surface area contributed by atoms with Crippen molar-refractivity contribution in [2.24, 2.45) is 0 Å². The maximum atomic E-state index is 11.0. The third kappa shape index (κ3) is 11.1. The summed E-state index contributed by atoms with van der Waals surface area (Å²) in [6, 6.07) is 0. The Kier molecular flexibility index (Phi) is 12.7. The van der Waals surface area contributed by atoms with E-state index in [4.69, 9.17) is 10.2 Å². The molecule has 2 atom stereocenters. The number of carbonyl (C=O) groups excluding carboxylic acids is 2. The van der Waals surface area contributed by atoms with Crippen LogP contribution in [-0.4, -0.2) is 58.9 Å². The number of nitrogens with zero attached hydrogens (tertiary/aromatic N) is 1. The van der Waals surface area contributed by atoms with Crippen molar-refractivity contribution in [2.45, 2.75) is 77.9 Å². The molecule has 6 nitrogen and oxygen atoms in total. The summed E-state index contributed by atoms with van der Waals surface area (Å²) < 4.78 is 4.41. The zero-order valence-electron chi connectivity index (χ0n) is 14.8. The lowest BCUT2D eigenvalue weighted by Gasteiger charge is -2.16. The van der Waals surface area contributed by atoms with Gasteiger partial charge in [-0.2, -0.15) is 0 Å². The normalized spacial score (nSPS) is 18.9. The van der Waals surface area contributed by atoms with E-state index < -0.39 is 18.2 Å². The van der Waals surface area contributed by atoms with Crippen molar-refractivity contribution in [3.63, 3.8) is 0 Å². The van der Waals surface area contributed by atoms with Gasteiger partial charge in [-0.25, -0.2) is 4.79 Å². The minimum Gasteiger partial charge on any atom is -0.464 e. The fourth-order valence-electron chi connectivity index (χ4n) is 2.35. The molecule has 0 radical (unpaired) electrons. The van der Waals surface area contributed by atoms with Gasteiger partial charge in [0.15, 0.2) is 0 Å². The Bertz CT molecular complexity index is 313. The molecule has 2 fully saturated rings. The van der Waals surface area contributed by atoms with E-state index in [1.165, 1.54) is 46.0 Å². The largest absolute Gasteiger partial charge is 0.464 e. The first kappa shape index (κ1) is 21.9. The lowest BCUT2D eigenvalue weighted by atomic mass is 10.3. The fourth-order valence-corrected chi connectivity index (χ4v) is 2.35. The lowest BCUT2D eigenvalue weighted by molar-refractivity contribution is -0.151. The average molecular weight is 331 g/mol. The zero-order valence-corrected chi connectivity index (χ0v) is 14.8. The number of hydrogen-bond acceptors (Lipinski definition) is 5. The molecule has 23 heavy (non-hydrogen) atoms. The molecule has 1 saturated heterocycles. The summed E-state index contributed by atoms with van der Waals surface area (Å²) in [4.78, 5) is 23.0. The van der Waals surface area contributed by atoms with Gasteiger partial charge < -0.3 is 19.8 Å². The van der Waals surface area contributed by atoms with E-state index in [1.807, 2.05) is 0 Å². The highest BCUT2D eigenvalue weighted by atomic mass is 16.5. The average Bonchev–Trinajstić information content (AvgIpc) is 3.23. The van der Waals surface area contributed by atoms with E-state index in [0.717, 1.165) is 25.9 Å². The summed E-state index contributed by atoms with van der Waals surface area (Å²) in [5.74, 6) is -0.690. The Labute approximate surface area is 139 Å². The molecule has 1 saturated carbocycles. The number of rotatable bonds is 3. The highest BCUT2D eigenvalue weighted by Crippen LogP contribution is 2.15. The van der Waals surface area contributed by atoms with Crippen molar-refractivity contribution < 1.29 is 24.5 Å². The van der Waals surface area contributed by atoms with Gasteiger partial charge in [0, 0.05) is 13.1 Å². The van der Waals surface area contributed by atoms with Gasteiger partial charge in [-0.15, -0.1) is 0 Å². The second-order valence-electron chi connectivity index (χ2n) is 5.90. The molecule has 136 valence electrons. The predicted molar refractivity (Wildman–Crippen MR) is 88.9 cm³/mol. The van der Waals surface area contributed by atoms with Crippen LogP contribution >= 0.6 is 0 Å². The Morgan fingerprint density at radius 1 is 0.913 bits per heavy atom. The molecule has 1 aliphatic carbocycles. The maximum Gasteiger partial charge on any atom is 0.334 e. The summed E-state index contributed by atoms with van der Waals surface area (Å²) in [6.45, 7) is 6.55. The number of aliphatic hydroxyl groups is 2. The quantitative estimate of drug-likeness (QED) is 0.771. The highest BCUT2D eigenvalue weighted by molar-refractivity contribution is 5.80. The Balaban J connectivity index is 0.000000333. The molecule has 0 spiro atoms. The predicted octanol–water partition coefficient (Wildman–Crippen LogP) is 1.87. The van der Waals surface area contributed by atoms with Crippen LogP contribution in [0.4, 0.5) is 0 Å². The van der Waals surface area contributed by atoms with E-state index in [1.54, 1.807) is 11.8 Å². The molecular weight excluding hydrogens is 298 g/mol. The Morgan fingerprint density at radius 2 is 1.35 bits per heavy atom. The molecule has 0 bridgehead atoms. The molecule has 0 unspecified atom stereocenters. The van der Waals surface area contributed by atoms with Crippen molar-refractivity contribution in [3.8, 4) is 0 Å². The van der Waals surface area contributed by atoms with Crippen molar-refractivity contribution in [2.75, 3.05) is 19.7 Å². The van der Waals surface area contributed by atoms with Gasteiger partial charge in [0.05, 0.1) is 6.61 Å². The zero-order chi connectivity index (χ0) is 17.7. The number of ether oxygens (including phenoxy) is 1. The van der Waals surface area contributed by atoms with Gasteiger partial charge in [-0.1, -0.05) is 32.1 Å². The molecule has 1 amide bonds. The number of amides is 1. The molecule has 2 aliphatic rings. The van der Waals surface area contributed by atoms with Crippen molar-refractivity contribution >= 4 is 11.9 Å². The minimum absolute atomic E-state index is 0.127. The summed E-state index contributed by atoms with van der Waals surface area (Å²) in [5.41, 5.74) is 0. The molecular formula is C17H33NO5. The molecule has 1 aliphatic heterocycles. The standard InChI is InChI=1S/C7H13NO2.C5H10O3.C5H10/c1-6(9)7(10)8-4-2-3-5-8;1-3-8-5(7)4(2)6;1-2-4-5-3-1/h6,9H,2-5H2,1H3;4,6H,3H2,1-2H3;1-5H2/t6-;4-;/m00./s1.